The highest BCUT2D eigenvalue weighted by Gasteiger charge is 2.29. The maximum atomic E-state index is 11.2. The van der Waals surface area contributed by atoms with Crippen molar-refractivity contribution in [2.75, 3.05) is 19.6 Å². The van der Waals surface area contributed by atoms with E-state index in [1.165, 1.54) is 0 Å². The Labute approximate surface area is 126 Å². The zero-order valence-electron chi connectivity index (χ0n) is 11.3. The second-order valence-electron chi connectivity index (χ2n) is 5.13. The van der Waals surface area contributed by atoms with Crippen molar-refractivity contribution < 1.29 is 14.6 Å². The third-order valence-corrected chi connectivity index (χ3v) is 3.81. The molecule has 0 radical (unpaired) electrons. The molecule has 1 aromatic carbocycles. The van der Waals surface area contributed by atoms with Crippen molar-refractivity contribution in [1.29, 1.82) is 0 Å². The van der Waals surface area contributed by atoms with Crippen LogP contribution in [0.2, 0.25) is 0 Å². The van der Waals surface area contributed by atoms with Gasteiger partial charge in [-0.3, -0.25) is 9.69 Å². The van der Waals surface area contributed by atoms with Crippen molar-refractivity contribution in [2.45, 2.75) is 25.2 Å². The lowest BCUT2D eigenvalue weighted by Gasteiger charge is -2.36. The molecule has 3 atom stereocenters. The maximum Gasteiger partial charge on any atom is 0.247 e. The van der Waals surface area contributed by atoms with Gasteiger partial charge in [0.1, 0.15) is 6.10 Å². The van der Waals surface area contributed by atoms with Gasteiger partial charge in [-0.05, 0) is 24.6 Å². The molecule has 1 aromatic rings. The lowest BCUT2D eigenvalue weighted by Crippen LogP contribution is -2.52. The van der Waals surface area contributed by atoms with Crippen LogP contribution in [0.1, 0.15) is 18.6 Å². The number of rotatable bonds is 4. The number of morpholine rings is 1. The van der Waals surface area contributed by atoms with Crippen LogP contribution in [0.4, 0.5) is 0 Å². The molecule has 1 amide bonds. The van der Waals surface area contributed by atoms with Gasteiger partial charge >= 0.3 is 0 Å². The molecule has 6 heteroatoms. The molecule has 0 aromatic heterocycles. The van der Waals surface area contributed by atoms with E-state index in [1.807, 2.05) is 36.1 Å². The van der Waals surface area contributed by atoms with E-state index in [1.54, 1.807) is 0 Å². The summed E-state index contributed by atoms with van der Waals surface area (Å²) in [5, 5.41) is 10.3. The number of aliphatic hydroxyl groups is 1. The number of ether oxygens (including phenoxy) is 1. The third kappa shape index (κ3) is 4.02. The molecule has 2 unspecified atom stereocenters. The fourth-order valence-corrected chi connectivity index (χ4v) is 2.83. The maximum absolute atomic E-state index is 11.2. The predicted molar refractivity (Wildman–Crippen MR) is 79.1 cm³/mol. The molecule has 110 valence electrons. The number of halogens is 1. The summed E-state index contributed by atoms with van der Waals surface area (Å²) in [5.41, 5.74) is 6.14. The Morgan fingerprint density at radius 3 is 3.00 bits per heavy atom. The summed E-state index contributed by atoms with van der Waals surface area (Å²) < 4.78 is 6.41. The molecular formula is C14H19BrN2O3. The van der Waals surface area contributed by atoms with Crippen LogP contribution in [-0.2, 0) is 9.53 Å². The molecule has 1 heterocycles. The van der Waals surface area contributed by atoms with Gasteiger partial charge in [-0.1, -0.05) is 28.1 Å². The first-order valence-corrected chi connectivity index (χ1v) is 7.35. The first kappa shape index (κ1) is 15.4. The number of hydrogen-bond acceptors (Lipinski definition) is 4. The Kier molecular flexibility index (Phi) is 5.15. The van der Waals surface area contributed by atoms with Crippen LogP contribution in [0.25, 0.3) is 0 Å². The Bertz CT molecular complexity index is 483. The largest absolute Gasteiger partial charge is 0.387 e. The number of β-amino-alcohol motifs (C(OH)–C–C–N with tert-alkyl or cyclic N) is 1. The number of carbonyl (C=O) groups is 1. The van der Waals surface area contributed by atoms with Crippen LogP contribution in [-0.4, -0.2) is 47.8 Å². The first-order chi connectivity index (χ1) is 9.45. The number of benzene rings is 1. The van der Waals surface area contributed by atoms with E-state index in [9.17, 15) is 9.90 Å². The molecule has 3 N–H and O–H groups in total. The number of nitrogens with two attached hydrogens (primary N) is 1. The van der Waals surface area contributed by atoms with Crippen molar-refractivity contribution in [3.05, 3.63) is 34.3 Å². The topological polar surface area (TPSA) is 75.8 Å². The Hall–Kier alpha value is -0.950. The zero-order valence-corrected chi connectivity index (χ0v) is 12.9. The summed E-state index contributed by atoms with van der Waals surface area (Å²) in [6.45, 7) is 3.45. The van der Waals surface area contributed by atoms with E-state index < -0.39 is 18.1 Å². The summed E-state index contributed by atoms with van der Waals surface area (Å²) in [5.74, 6) is -0.460. The van der Waals surface area contributed by atoms with E-state index in [-0.39, 0.29) is 6.10 Å². The first-order valence-electron chi connectivity index (χ1n) is 6.56. The molecule has 0 saturated carbocycles. The minimum absolute atomic E-state index is 0.0732. The second kappa shape index (κ2) is 6.67. The van der Waals surface area contributed by atoms with Gasteiger partial charge < -0.3 is 15.6 Å². The molecular weight excluding hydrogens is 324 g/mol. The summed E-state index contributed by atoms with van der Waals surface area (Å²) in [6.07, 6.45) is -1.28. The highest BCUT2D eigenvalue weighted by Crippen LogP contribution is 2.21. The van der Waals surface area contributed by atoms with Crippen LogP contribution in [0.3, 0.4) is 0 Å². The molecule has 0 bridgehead atoms. The van der Waals surface area contributed by atoms with Crippen molar-refractivity contribution in [3.8, 4) is 0 Å². The zero-order chi connectivity index (χ0) is 14.7. The number of nitrogens with zero attached hydrogens (tertiary/aromatic N) is 1. The average Bonchev–Trinajstić information content (AvgIpc) is 2.37. The molecule has 5 nitrogen and oxygen atoms in total. The summed E-state index contributed by atoms with van der Waals surface area (Å²) >= 11 is 3.39. The molecule has 1 aliphatic heterocycles. The van der Waals surface area contributed by atoms with E-state index in [4.69, 9.17) is 10.5 Å². The van der Waals surface area contributed by atoms with Crippen molar-refractivity contribution in [1.82, 2.24) is 4.90 Å². The monoisotopic (exact) mass is 342 g/mol. The number of primary amides is 1. The van der Waals surface area contributed by atoms with Crippen LogP contribution in [0, 0.1) is 0 Å². The standard InChI is InChI=1S/C14H19BrN2O3/c1-9-6-17(8-13(20-9)14(16)19)7-12(18)10-3-2-4-11(15)5-10/h2-5,9,12-13,18H,6-8H2,1H3,(H2,16,19)/t9-,12?,13?/m1/s1. The Morgan fingerprint density at radius 2 is 2.35 bits per heavy atom. The van der Waals surface area contributed by atoms with Gasteiger partial charge in [-0.15, -0.1) is 0 Å². The minimum Gasteiger partial charge on any atom is -0.387 e. The van der Waals surface area contributed by atoms with Gasteiger partial charge in [0.2, 0.25) is 5.91 Å². The normalized spacial score (nSPS) is 25.4. The predicted octanol–water partition coefficient (Wildman–Crippen LogP) is 1.06. The van der Waals surface area contributed by atoms with Gasteiger partial charge in [0.05, 0.1) is 12.2 Å². The van der Waals surface area contributed by atoms with Crippen molar-refractivity contribution >= 4 is 21.8 Å². The van der Waals surface area contributed by atoms with E-state index in [0.29, 0.717) is 19.6 Å². The lowest BCUT2D eigenvalue weighted by molar-refractivity contribution is -0.143. The van der Waals surface area contributed by atoms with Gasteiger partial charge in [0.25, 0.3) is 0 Å². The van der Waals surface area contributed by atoms with Crippen LogP contribution in [0.15, 0.2) is 28.7 Å². The fraction of sp³-hybridized carbons (Fsp3) is 0.500. The van der Waals surface area contributed by atoms with Gasteiger partial charge in [0, 0.05) is 24.1 Å². The Balaban J connectivity index is 1.99. The highest BCUT2D eigenvalue weighted by atomic mass is 79.9. The molecule has 0 spiro atoms. The number of aliphatic hydroxyl groups excluding tert-OH is 1. The molecule has 1 fully saturated rings. The molecule has 20 heavy (non-hydrogen) atoms. The quantitative estimate of drug-likeness (QED) is 0.857. The molecule has 0 aliphatic carbocycles. The van der Waals surface area contributed by atoms with Gasteiger partial charge in [-0.25, -0.2) is 0 Å². The lowest BCUT2D eigenvalue weighted by atomic mass is 10.1. The summed E-state index contributed by atoms with van der Waals surface area (Å²) in [7, 11) is 0. The molecule has 1 aliphatic rings. The number of hydrogen-bond donors (Lipinski definition) is 2. The molecule has 1 saturated heterocycles. The summed E-state index contributed by atoms with van der Waals surface area (Å²) in [6, 6.07) is 7.57. The van der Waals surface area contributed by atoms with Crippen molar-refractivity contribution in [3.63, 3.8) is 0 Å². The third-order valence-electron chi connectivity index (χ3n) is 3.32. The van der Waals surface area contributed by atoms with Crippen LogP contribution >= 0.6 is 15.9 Å². The smallest absolute Gasteiger partial charge is 0.247 e. The minimum atomic E-state index is -0.605. The van der Waals surface area contributed by atoms with E-state index >= 15 is 0 Å². The van der Waals surface area contributed by atoms with Crippen LogP contribution in [0.5, 0.6) is 0 Å². The van der Waals surface area contributed by atoms with Gasteiger partial charge in [-0.2, -0.15) is 0 Å². The highest BCUT2D eigenvalue weighted by molar-refractivity contribution is 9.10. The number of amides is 1. The van der Waals surface area contributed by atoms with Crippen molar-refractivity contribution in [2.24, 2.45) is 5.73 Å². The van der Waals surface area contributed by atoms with Crippen LogP contribution < -0.4 is 5.73 Å². The van der Waals surface area contributed by atoms with E-state index in [0.717, 1.165) is 10.0 Å². The molecule has 2 rings (SSSR count). The van der Waals surface area contributed by atoms with Gasteiger partial charge in [0.15, 0.2) is 0 Å². The average molecular weight is 343 g/mol. The summed E-state index contributed by atoms with van der Waals surface area (Å²) in [4.78, 5) is 13.3. The van der Waals surface area contributed by atoms with E-state index in [2.05, 4.69) is 15.9 Å². The SMILES string of the molecule is C[C@@H]1CN(CC(O)c2cccc(Br)c2)CC(C(N)=O)O1. The fourth-order valence-electron chi connectivity index (χ4n) is 2.41. The Morgan fingerprint density at radius 1 is 1.60 bits per heavy atom. The second-order valence-corrected chi connectivity index (χ2v) is 6.04. The number of carbonyl (C=O) groups excluding carboxylic acids is 1.